The first-order valence-electron chi connectivity index (χ1n) is 7.94. The summed E-state index contributed by atoms with van der Waals surface area (Å²) in [4.78, 5) is 0. The van der Waals surface area contributed by atoms with Gasteiger partial charge in [0.1, 0.15) is 0 Å². The molecule has 0 heterocycles. The number of benzene rings is 3. The van der Waals surface area contributed by atoms with E-state index in [1.807, 2.05) is 42.5 Å². The van der Waals surface area contributed by atoms with E-state index in [4.69, 9.17) is 22.1 Å². The molecule has 27 heavy (non-hydrogen) atoms. The molecule has 3 aromatic carbocycles. The van der Waals surface area contributed by atoms with E-state index < -0.39 is 5.82 Å². The maximum atomic E-state index is 14.6. The van der Waals surface area contributed by atoms with Crippen LogP contribution in [-0.2, 0) is 32.7 Å². The van der Waals surface area contributed by atoms with Crippen LogP contribution in [0.15, 0.2) is 60.7 Å². The number of ether oxygens (including phenoxy) is 1. The molecule has 0 fully saturated rings. The Kier molecular flexibility index (Phi) is 9.58. The Balaban J connectivity index is 0.00000182. The molecule has 3 nitrogen and oxygen atoms in total. The Labute approximate surface area is 189 Å². The average Bonchev–Trinajstić information content (AvgIpc) is 2.65. The fourth-order valence-corrected chi connectivity index (χ4v) is 3.13. The van der Waals surface area contributed by atoms with Crippen molar-refractivity contribution >= 4 is 11.6 Å². The standard InChI is InChI=1S/C21H18ClFNO.H2N.Y/c1-25-20-9-5-8-16(21(20)23)17-12-15(10-11-19(17)22)18(13-24)14-6-3-2-4-7-14;;/h2-7,9-12,18H,13,24H2,1H3;1H2;/q2*-1;. The van der Waals surface area contributed by atoms with Gasteiger partial charge in [-0.3, -0.25) is 4.39 Å². The van der Waals surface area contributed by atoms with Crippen LogP contribution in [0.4, 0.5) is 4.39 Å². The predicted octanol–water partition coefficient (Wildman–Crippen LogP) is 5.76. The molecule has 6 heteroatoms. The van der Waals surface area contributed by atoms with E-state index in [-0.39, 0.29) is 56.1 Å². The molecule has 1 atom stereocenters. The summed E-state index contributed by atoms with van der Waals surface area (Å²) < 4.78 is 19.7. The van der Waals surface area contributed by atoms with Crippen LogP contribution in [0, 0.1) is 11.9 Å². The van der Waals surface area contributed by atoms with Crippen molar-refractivity contribution in [3.63, 3.8) is 0 Å². The number of hydrogen-bond acceptors (Lipinski definition) is 2. The van der Waals surface area contributed by atoms with Crippen LogP contribution < -0.4 is 10.5 Å². The molecule has 3 aromatic rings. The van der Waals surface area contributed by atoms with Gasteiger partial charge in [0.05, 0.1) is 18.7 Å². The maximum absolute atomic E-state index is 14.6. The molecule has 0 bridgehead atoms. The third-order valence-corrected chi connectivity index (χ3v) is 4.55. The minimum atomic E-state index is -0.479. The molecule has 3 rings (SSSR count). The van der Waals surface area contributed by atoms with Gasteiger partial charge in [-0.25, -0.2) is 0 Å². The molecule has 1 unspecified atom stereocenters. The number of halogens is 2. The second-order valence-corrected chi connectivity index (χ2v) is 6.08. The molecule has 1 radical (unpaired) electrons. The molecule has 0 aliphatic heterocycles. The Morgan fingerprint density at radius 3 is 2.44 bits per heavy atom. The minimum absolute atomic E-state index is 0. The molecular formula is C21H20ClFN2OY-2. The molecule has 139 valence electrons. The summed E-state index contributed by atoms with van der Waals surface area (Å²) in [5, 5.41) is 0.455. The molecule has 0 aliphatic carbocycles. The van der Waals surface area contributed by atoms with E-state index in [0.717, 1.165) is 11.1 Å². The summed E-state index contributed by atoms with van der Waals surface area (Å²) in [5.74, 6) is -0.312. The van der Waals surface area contributed by atoms with Gasteiger partial charge in [-0.1, -0.05) is 71.8 Å². The summed E-state index contributed by atoms with van der Waals surface area (Å²) >= 11 is 6.33. The molecule has 0 aromatic heterocycles. The maximum Gasteiger partial charge on any atom is 0.0777 e. The molecular weight excluding hydrogens is 440 g/mol. The van der Waals surface area contributed by atoms with Gasteiger partial charge in [-0.2, -0.15) is 0 Å². The quantitative estimate of drug-likeness (QED) is 0.493. The van der Waals surface area contributed by atoms with Crippen molar-refractivity contribution in [2.24, 2.45) is 5.73 Å². The van der Waals surface area contributed by atoms with Gasteiger partial charge in [0.2, 0.25) is 0 Å². The van der Waals surface area contributed by atoms with Crippen molar-refractivity contribution in [1.82, 2.24) is 0 Å². The largest absolute Gasteiger partial charge is 0.693 e. The summed E-state index contributed by atoms with van der Waals surface area (Å²) in [6, 6.07) is 21.6. The van der Waals surface area contributed by atoms with Crippen LogP contribution >= 0.6 is 11.6 Å². The van der Waals surface area contributed by atoms with E-state index in [9.17, 15) is 4.39 Å². The van der Waals surface area contributed by atoms with Crippen LogP contribution in [0.2, 0.25) is 5.02 Å². The predicted molar refractivity (Wildman–Crippen MR) is 105 cm³/mol. The Bertz CT molecular complexity index is 877. The summed E-state index contributed by atoms with van der Waals surface area (Å²) in [6.45, 7) is 0.440. The molecule has 0 spiro atoms. The first-order chi connectivity index (χ1) is 12.2. The monoisotopic (exact) mass is 459 g/mol. The zero-order chi connectivity index (χ0) is 17.8. The van der Waals surface area contributed by atoms with Gasteiger partial charge in [-0.05, 0) is 11.1 Å². The third kappa shape index (κ3) is 5.15. The smallest absolute Gasteiger partial charge is 0.0777 e. The van der Waals surface area contributed by atoms with Crippen molar-refractivity contribution in [1.29, 1.82) is 0 Å². The van der Waals surface area contributed by atoms with Crippen molar-refractivity contribution in [3.8, 4) is 16.9 Å². The minimum Gasteiger partial charge on any atom is -0.693 e. The van der Waals surface area contributed by atoms with E-state index in [1.165, 1.54) is 13.2 Å². The summed E-state index contributed by atoms with van der Waals surface area (Å²) in [7, 11) is 1.43. The van der Waals surface area contributed by atoms with Crippen LogP contribution in [0.5, 0.6) is 5.75 Å². The summed E-state index contributed by atoms with van der Waals surface area (Å²) in [6.07, 6.45) is 0. The number of nitrogens with two attached hydrogens (primary N) is 2. The van der Waals surface area contributed by atoms with Gasteiger partial charge >= 0.3 is 0 Å². The Hall–Kier alpha value is -1.30. The number of hydrogen-bond donors (Lipinski definition) is 1. The van der Waals surface area contributed by atoms with Crippen LogP contribution in [-0.4, -0.2) is 13.7 Å². The number of rotatable bonds is 5. The van der Waals surface area contributed by atoms with Crippen LogP contribution in [0.25, 0.3) is 17.3 Å². The molecule has 0 amide bonds. The van der Waals surface area contributed by atoms with Crippen molar-refractivity contribution in [2.45, 2.75) is 5.92 Å². The van der Waals surface area contributed by atoms with Crippen molar-refractivity contribution in [3.05, 3.63) is 94.8 Å². The second kappa shape index (κ2) is 10.9. The zero-order valence-electron chi connectivity index (χ0n) is 15.0. The van der Waals surface area contributed by atoms with Crippen LogP contribution in [0.1, 0.15) is 17.0 Å². The first-order valence-corrected chi connectivity index (χ1v) is 8.32. The van der Waals surface area contributed by atoms with Gasteiger partial charge in [0, 0.05) is 50.2 Å². The SMILES string of the molecule is COc1cc[c-]c(-c2cc(C(CN)c3ccccc3)ccc2Cl)c1F.[NH2-].[Y]. The van der Waals surface area contributed by atoms with Crippen molar-refractivity contribution < 1.29 is 41.8 Å². The van der Waals surface area contributed by atoms with E-state index in [0.29, 0.717) is 17.1 Å². The molecule has 0 saturated heterocycles. The van der Waals surface area contributed by atoms with Gasteiger partial charge in [-0.15, -0.1) is 17.7 Å². The third-order valence-electron chi connectivity index (χ3n) is 4.22. The first kappa shape index (κ1) is 23.7. The number of methoxy groups -OCH3 is 1. The topological polar surface area (TPSA) is 68.8 Å². The van der Waals surface area contributed by atoms with Gasteiger partial charge in [0.15, 0.2) is 0 Å². The van der Waals surface area contributed by atoms with E-state index in [1.54, 1.807) is 12.1 Å². The molecule has 4 N–H and O–H groups in total. The summed E-state index contributed by atoms with van der Waals surface area (Å²) in [5.41, 5.74) is 8.95. The normalized spacial score (nSPS) is 11.1. The van der Waals surface area contributed by atoms with Gasteiger partial charge in [0.25, 0.3) is 0 Å². The fourth-order valence-electron chi connectivity index (χ4n) is 2.92. The molecule has 0 saturated carbocycles. The Morgan fingerprint density at radius 2 is 1.81 bits per heavy atom. The second-order valence-electron chi connectivity index (χ2n) is 5.67. The fraction of sp³-hybridized carbons (Fsp3) is 0.143. The zero-order valence-corrected chi connectivity index (χ0v) is 18.5. The average molecular weight is 460 g/mol. The van der Waals surface area contributed by atoms with E-state index in [2.05, 4.69) is 6.07 Å². The van der Waals surface area contributed by atoms with Gasteiger partial charge < -0.3 is 16.6 Å². The Morgan fingerprint density at radius 1 is 1.11 bits per heavy atom. The van der Waals surface area contributed by atoms with E-state index >= 15 is 0 Å². The molecule has 0 aliphatic rings. The van der Waals surface area contributed by atoms with Crippen LogP contribution in [0.3, 0.4) is 0 Å². The van der Waals surface area contributed by atoms with Crippen molar-refractivity contribution in [2.75, 3.05) is 13.7 Å².